The number of ether oxygens (including phenoxy) is 1. The van der Waals surface area contributed by atoms with Gasteiger partial charge in [0.25, 0.3) is 0 Å². The smallest absolute Gasteiger partial charge is 0.241 e. The Labute approximate surface area is 175 Å². The van der Waals surface area contributed by atoms with E-state index in [0.717, 1.165) is 11.3 Å². The van der Waals surface area contributed by atoms with E-state index in [2.05, 4.69) is 21.7 Å². The van der Waals surface area contributed by atoms with Crippen LogP contribution in [0.1, 0.15) is 10.4 Å². The molecule has 0 spiro atoms. The molecule has 0 aliphatic carbocycles. The van der Waals surface area contributed by atoms with Crippen LogP contribution in [0.2, 0.25) is 0 Å². The second kappa shape index (κ2) is 11.7. The predicted molar refractivity (Wildman–Crippen MR) is 117 cm³/mol. The number of rotatable bonds is 7. The van der Waals surface area contributed by atoms with Gasteiger partial charge in [-0.05, 0) is 29.1 Å². The predicted octanol–water partition coefficient (Wildman–Crippen LogP) is 2.70. The Bertz CT molecular complexity index is 688. The molecule has 0 aliphatic heterocycles. The normalized spacial score (nSPS) is 10.7. The first kappa shape index (κ1) is 22.2. The summed E-state index contributed by atoms with van der Waals surface area (Å²) in [6.07, 6.45) is 0. The van der Waals surface area contributed by atoms with Crippen molar-refractivity contribution in [1.29, 1.82) is 0 Å². The summed E-state index contributed by atoms with van der Waals surface area (Å²) < 4.78 is 5.16. The van der Waals surface area contributed by atoms with E-state index in [1.54, 1.807) is 37.4 Å². The Morgan fingerprint density at radius 3 is 2.50 bits per heavy atom. The highest BCUT2D eigenvalue weighted by Crippen LogP contribution is 2.12. The summed E-state index contributed by atoms with van der Waals surface area (Å²) in [5, 5.41) is 8.38. The van der Waals surface area contributed by atoms with Gasteiger partial charge in [0.2, 0.25) is 5.91 Å². The molecule has 0 saturated carbocycles. The van der Waals surface area contributed by atoms with Gasteiger partial charge in [-0.25, -0.2) is 4.99 Å². The van der Waals surface area contributed by atoms with Crippen LogP contribution in [-0.2, 0) is 17.9 Å². The van der Waals surface area contributed by atoms with Crippen LogP contribution in [0.15, 0.2) is 46.8 Å². The first-order valence-corrected chi connectivity index (χ1v) is 8.84. The number of carbonyl (C=O) groups excluding carboxylic acids is 1. The second-order valence-corrected chi connectivity index (χ2v) is 6.62. The molecule has 0 radical (unpaired) electrons. The van der Waals surface area contributed by atoms with Crippen LogP contribution in [0.4, 0.5) is 0 Å². The number of nitrogens with one attached hydrogen (secondary N) is 2. The van der Waals surface area contributed by atoms with Gasteiger partial charge in [-0.2, -0.15) is 0 Å². The number of nitrogens with zero attached hydrogens (tertiary/aromatic N) is 2. The molecule has 0 bridgehead atoms. The fourth-order valence-corrected chi connectivity index (χ4v) is 2.62. The molecule has 2 aromatic rings. The van der Waals surface area contributed by atoms with Crippen LogP contribution < -0.4 is 15.4 Å². The molecule has 0 unspecified atom stereocenters. The molecule has 1 aromatic heterocycles. The highest BCUT2D eigenvalue weighted by Gasteiger charge is 2.06. The van der Waals surface area contributed by atoms with Gasteiger partial charge in [-0.3, -0.25) is 4.79 Å². The molecule has 0 atom stereocenters. The van der Waals surface area contributed by atoms with Gasteiger partial charge in [0.05, 0.1) is 26.7 Å². The molecule has 1 heterocycles. The maximum Gasteiger partial charge on any atom is 0.241 e. The van der Waals surface area contributed by atoms with E-state index in [4.69, 9.17) is 4.74 Å². The van der Waals surface area contributed by atoms with Gasteiger partial charge in [0.1, 0.15) is 5.75 Å². The molecule has 1 amide bonds. The second-order valence-electron chi connectivity index (χ2n) is 5.59. The molecule has 26 heavy (non-hydrogen) atoms. The number of carbonyl (C=O) groups is 1. The van der Waals surface area contributed by atoms with Gasteiger partial charge in [-0.1, -0.05) is 18.2 Å². The standard InChI is InChI=1S/C18H24N4O2S.HI/c1-22(2)17(23)13-21-18(20-12-16-5-4-10-25-16)19-11-14-6-8-15(24-3)9-7-14;/h4-10H,11-13H2,1-3H3,(H2,19,20,21);1H. The summed E-state index contributed by atoms with van der Waals surface area (Å²) in [6.45, 7) is 1.38. The molecule has 1 aromatic carbocycles. The SMILES string of the molecule is COc1ccc(CN=C(NCC(=O)N(C)C)NCc2cccs2)cc1.I. The number of hydrogen-bond acceptors (Lipinski definition) is 4. The maximum atomic E-state index is 11.8. The van der Waals surface area contributed by atoms with Crippen molar-refractivity contribution < 1.29 is 9.53 Å². The van der Waals surface area contributed by atoms with Gasteiger partial charge < -0.3 is 20.3 Å². The number of benzene rings is 1. The molecule has 0 aliphatic rings. The van der Waals surface area contributed by atoms with Gasteiger partial charge in [0.15, 0.2) is 5.96 Å². The number of likely N-dealkylation sites (N-methyl/N-ethyl adjacent to an activating group) is 1. The molecular formula is C18H25IN4O2S. The first-order valence-electron chi connectivity index (χ1n) is 7.96. The van der Waals surface area contributed by atoms with E-state index in [1.807, 2.05) is 35.7 Å². The molecule has 142 valence electrons. The van der Waals surface area contributed by atoms with Crippen molar-refractivity contribution in [1.82, 2.24) is 15.5 Å². The van der Waals surface area contributed by atoms with E-state index in [1.165, 1.54) is 4.88 Å². The minimum atomic E-state index is -0.00456. The zero-order valence-corrected chi connectivity index (χ0v) is 18.3. The summed E-state index contributed by atoms with van der Waals surface area (Å²) >= 11 is 1.68. The monoisotopic (exact) mass is 488 g/mol. The van der Waals surface area contributed by atoms with Crippen LogP contribution in [0, 0.1) is 0 Å². The summed E-state index contributed by atoms with van der Waals surface area (Å²) in [7, 11) is 5.11. The van der Waals surface area contributed by atoms with Crippen molar-refractivity contribution in [3.63, 3.8) is 0 Å². The Hall–Kier alpha value is -1.81. The van der Waals surface area contributed by atoms with Crippen LogP contribution in [0.25, 0.3) is 0 Å². The Kier molecular flexibility index (Phi) is 10.0. The molecule has 0 fully saturated rings. The molecule has 0 saturated heterocycles. The third-order valence-corrected chi connectivity index (χ3v) is 4.37. The third-order valence-electron chi connectivity index (χ3n) is 3.49. The molecule has 6 nitrogen and oxygen atoms in total. The van der Waals surface area contributed by atoms with E-state index >= 15 is 0 Å². The quantitative estimate of drug-likeness (QED) is 0.358. The van der Waals surface area contributed by atoms with Crippen LogP contribution >= 0.6 is 35.3 Å². The number of guanidine groups is 1. The average molecular weight is 488 g/mol. The zero-order chi connectivity index (χ0) is 18.1. The number of hydrogen-bond donors (Lipinski definition) is 2. The van der Waals surface area contributed by atoms with Crippen LogP contribution in [0.3, 0.4) is 0 Å². The van der Waals surface area contributed by atoms with Crippen molar-refractivity contribution in [2.24, 2.45) is 4.99 Å². The average Bonchev–Trinajstić information content (AvgIpc) is 3.14. The lowest BCUT2D eigenvalue weighted by atomic mass is 10.2. The van der Waals surface area contributed by atoms with Crippen LogP contribution in [0.5, 0.6) is 5.75 Å². The highest BCUT2D eigenvalue weighted by molar-refractivity contribution is 14.0. The fourth-order valence-electron chi connectivity index (χ4n) is 1.98. The molecular weight excluding hydrogens is 463 g/mol. The number of aliphatic imine (C=N–C) groups is 1. The van der Waals surface area contributed by atoms with Gasteiger partial charge >= 0.3 is 0 Å². The number of methoxy groups -OCH3 is 1. The number of halogens is 1. The Morgan fingerprint density at radius 1 is 1.19 bits per heavy atom. The topological polar surface area (TPSA) is 66.0 Å². The summed E-state index contributed by atoms with van der Waals surface area (Å²) in [5.74, 6) is 1.42. The van der Waals surface area contributed by atoms with Crippen molar-refractivity contribution in [2.75, 3.05) is 27.7 Å². The lowest BCUT2D eigenvalue weighted by Crippen LogP contribution is -2.42. The van der Waals surface area contributed by atoms with E-state index in [0.29, 0.717) is 19.0 Å². The van der Waals surface area contributed by atoms with Gasteiger partial charge in [0, 0.05) is 19.0 Å². The summed E-state index contributed by atoms with van der Waals surface area (Å²) in [5.41, 5.74) is 1.07. The van der Waals surface area contributed by atoms with E-state index in [-0.39, 0.29) is 36.4 Å². The first-order chi connectivity index (χ1) is 12.1. The van der Waals surface area contributed by atoms with Crippen LogP contribution in [-0.4, -0.2) is 44.5 Å². The molecule has 2 N–H and O–H groups in total. The Balaban J connectivity index is 0.00000338. The minimum Gasteiger partial charge on any atom is -0.497 e. The van der Waals surface area contributed by atoms with Crippen molar-refractivity contribution in [3.05, 3.63) is 52.2 Å². The number of amides is 1. The summed E-state index contributed by atoms with van der Waals surface area (Å²) in [4.78, 5) is 19.1. The van der Waals surface area contributed by atoms with Gasteiger partial charge in [-0.15, -0.1) is 35.3 Å². The minimum absolute atomic E-state index is 0. The number of thiophene rings is 1. The van der Waals surface area contributed by atoms with E-state index < -0.39 is 0 Å². The third kappa shape index (κ3) is 7.61. The lowest BCUT2D eigenvalue weighted by molar-refractivity contribution is -0.127. The molecule has 2 rings (SSSR count). The Morgan fingerprint density at radius 2 is 1.92 bits per heavy atom. The highest BCUT2D eigenvalue weighted by atomic mass is 127. The summed E-state index contributed by atoms with van der Waals surface area (Å²) in [6, 6.07) is 11.8. The lowest BCUT2D eigenvalue weighted by Gasteiger charge is -2.14. The molecule has 8 heteroatoms. The maximum absolute atomic E-state index is 11.8. The van der Waals surface area contributed by atoms with Crippen molar-refractivity contribution >= 4 is 47.2 Å². The zero-order valence-electron chi connectivity index (χ0n) is 15.2. The van der Waals surface area contributed by atoms with E-state index in [9.17, 15) is 4.79 Å². The van der Waals surface area contributed by atoms with Crippen molar-refractivity contribution in [3.8, 4) is 5.75 Å². The van der Waals surface area contributed by atoms with Crippen molar-refractivity contribution in [2.45, 2.75) is 13.1 Å². The largest absolute Gasteiger partial charge is 0.497 e. The fraction of sp³-hybridized carbons (Fsp3) is 0.333.